The first-order chi connectivity index (χ1) is 4.70. The molecule has 0 fully saturated rings. The fraction of sp³-hybridized carbons (Fsp3) is 1.00. The highest BCUT2D eigenvalue weighted by Gasteiger charge is 2.02. The van der Waals surface area contributed by atoms with E-state index < -0.39 is 0 Å². The summed E-state index contributed by atoms with van der Waals surface area (Å²) in [4.78, 5) is 0. The second-order valence-electron chi connectivity index (χ2n) is 3.26. The molecule has 0 aliphatic carbocycles. The molecule has 0 heterocycles. The molecule has 1 unspecified atom stereocenters. The van der Waals surface area contributed by atoms with Gasteiger partial charge in [-0.3, -0.25) is 0 Å². The van der Waals surface area contributed by atoms with Crippen LogP contribution >= 0.6 is 0 Å². The summed E-state index contributed by atoms with van der Waals surface area (Å²) in [5, 5.41) is 0. The van der Waals surface area contributed by atoms with Gasteiger partial charge in [-0.2, -0.15) is 0 Å². The zero-order valence-corrected chi connectivity index (χ0v) is 7.56. The molecule has 1 nitrogen and oxygen atoms in total. The summed E-state index contributed by atoms with van der Waals surface area (Å²) in [6.07, 6.45) is 4.91. The minimum absolute atomic E-state index is 0.439. The minimum atomic E-state index is 0.439. The van der Waals surface area contributed by atoms with Crippen molar-refractivity contribution in [2.75, 3.05) is 0 Å². The van der Waals surface area contributed by atoms with Crippen molar-refractivity contribution in [1.82, 2.24) is 0 Å². The highest BCUT2D eigenvalue weighted by Crippen LogP contribution is 2.11. The van der Waals surface area contributed by atoms with Crippen LogP contribution in [-0.4, -0.2) is 6.04 Å². The fourth-order valence-electron chi connectivity index (χ4n) is 0.907. The van der Waals surface area contributed by atoms with E-state index in [1.807, 2.05) is 0 Å². The van der Waals surface area contributed by atoms with Crippen molar-refractivity contribution in [2.24, 2.45) is 11.7 Å². The van der Waals surface area contributed by atoms with E-state index in [9.17, 15) is 0 Å². The van der Waals surface area contributed by atoms with Crippen molar-refractivity contribution in [3.63, 3.8) is 0 Å². The van der Waals surface area contributed by atoms with Gasteiger partial charge in [0.1, 0.15) is 0 Å². The van der Waals surface area contributed by atoms with E-state index in [1.165, 1.54) is 19.3 Å². The maximum atomic E-state index is 5.78. The van der Waals surface area contributed by atoms with Gasteiger partial charge in [0, 0.05) is 6.04 Å². The molecule has 0 aliphatic heterocycles. The SMILES string of the molecule is CCC(N)CC[C@@H](C)CC. The largest absolute Gasteiger partial charge is 0.328 e. The molecule has 0 saturated carbocycles. The first kappa shape index (κ1) is 9.96. The average Bonchev–Trinajstić information content (AvgIpc) is 1.99. The van der Waals surface area contributed by atoms with Gasteiger partial charge in [-0.1, -0.05) is 27.2 Å². The molecule has 10 heavy (non-hydrogen) atoms. The van der Waals surface area contributed by atoms with Crippen LogP contribution < -0.4 is 5.73 Å². The average molecular weight is 143 g/mol. The van der Waals surface area contributed by atoms with Crippen LogP contribution in [0.5, 0.6) is 0 Å². The predicted octanol–water partition coefficient (Wildman–Crippen LogP) is 2.55. The first-order valence-electron chi connectivity index (χ1n) is 4.46. The molecule has 0 spiro atoms. The Kier molecular flexibility index (Phi) is 5.70. The Labute approximate surface area is 65.0 Å². The molecule has 2 N–H and O–H groups in total. The molecular formula is C9H21N. The summed E-state index contributed by atoms with van der Waals surface area (Å²) < 4.78 is 0. The van der Waals surface area contributed by atoms with Gasteiger partial charge in [0.25, 0.3) is 0 Å². The Hall–Kier alpha value is -0.0400. The van der Waals surface area contributed by atoms with Crippen molar-refractivity contribution < 1.29 is 0 Å². The summed E-state index contributed by atoms with van der Waals surface area (Å²) >= 11 is 0. The van der Waals surface area contributed by atoms with Crippen molar-refractivity contribution in [3.05, 3.63) is 0 Å². The smallest absolute Gasteiger partial charge is 0.00363 e. The molecule has 0 bridgehead atoms. The predicted molar refractivity (Wildman–Crippen MR) is 47.0 cm³/mol. The van der Waals surface area contributed by atoms with Crippen molar-refractivity contribution in [3.8, 4) is 0 Å². The topological polar surface area (TPSA) is 26.0 Å². The molecule has 0 radical (unpaired) electrons. The maximum Gasteiger partial charge on any atom is 0.00363 e. The standard InChI is InChI=1S/C9H21N/c1-4-8(3)6-7-9(10)5-2/h8-9H,4-7,10H2,1-3H3/t8-,9?/m0/s1. The molecule has 0 aliphatic rings. The number of rotatable bonds is 5. The molecule has 0 aromatic heterocycles. The third-order valence-electron chi connectivity index (χ3n) is 2.25. The van der Waals surface area contributed by atoms with Crippen LogP contribution in [-0.2, 0) is 0 Å². The van der Waals surface area contributed by atoms with Crippen LogP contribution in [0.2, 0.25) is 0 Å². The second-order valence-corrected chi connectivity index (χ2v) is 3.26. The molecular weight excluding hydrogens is 122 g/mol. The maximum absolute atomic E-state index is 5.78. The monoisotopic (exact) mass is 143 g/mol. The van der Waals surface area contributed by atoms with Gasteiger partial charge in [-0.25, -0.2) is 0 Å². The molecule has 0 aromatic carbocycles. The lowest BCUT2D eigenvalue weighted by molar-refractivity contribution is 0.452. The van der Waals surface area contributed by atoms with Gasteiger partial charge in [0.05, 0.1) is 0 Å². The lowest BCUT2D eigenvalue weighted by Crippen LogP contribution is -2.19. The third kappa shape index (κ3) is 4.80. The second kappa shape index (κ2) is 5.72. The Morgan fingerprint density at radius 3 is 2.10 bits per heavy atom. The Morgan fingerprint density at radius 2 is 1.70 bits per heavy atom. The normalized spacial score (nSPS) is 16.8. The first-order valence-corrected chi connectivity index (χ1v) is 4.46. The van der Waals surface area contributed by atoms with E-state index in [1.54, 1.807) is 0 Å². The number of hydrogen-bond donors (Lipinski definition) is 1. The van der Waals surface area contributed by atoms with E-state index in [-0.39, 0.29) is 0 Å². The Bertz CT molecular complexity index is 61.1. The van der Waals surface area contributed by atoms with Crippen LogP contribution in [0.4, 0.5) is 0 Å². The summed E-state index contributed by atoms with van der Waals surface area (Å²) in [5.74, 6) is 0.859. The highest BCUT2D eigenvalue weighted by molar-refractivity contribution is 4.60. The Balaban J connectivity index is 3.17. The lowest BCUT2D eigenvalue weighted by Gasteiger charge is -2.11. The third-order valence-corrected chi connectivity index (χ3v) is 2.25. The molecule has 2 atom stereocenters. The summed E-state index contributed by atoms with van der Waals surface area (Å²) in [5.41, 5.74) is 5.78. The lowest BCUT2D eigenvalue weighted by atomic mass is 9.99. The Morgan fingerprint density at radius 1 is 1.10 bits per heavy atom. The number of hydrogen-bond acceptors (Lipinski definition) is 1. The van der Waals surface area contributed by atoms with Gasteiger partial charge in [-0.05, 0) is 25.2 Å². The van der Waals surface area contributed by atoms with Crippen LogP contribution in [0.15, 0.2) is 0 Å². The number of nitrogens with two attached hydrogens (primary N) is 1. The quantitative estimate of drug-likeness (QED) is 0.629. The van der Waals surface area contributed by atoms with Gasteiger partial charge < -0.3 is 5.73 Å². The molecule has 1 heteroatoms. The fourth-order valence-corrected chi connectivity index (χ4v) is 0.907. The van der Waals surface area contributed by atoms with Crippen LogP contribution in [0, 0.1) is 5.92 Å². The van der Waals surface area contributed by atoms with Gasteiger partial charge in [0.15, 0.2) is 0 Å². The van der Waals surface area contributed by atoms with Crippen molar-refractivity contribution >= 4 is 0 Å². The van der Waals surface area contributed by atoms with E-state index in [2.05, 4.69) is 20.8 Å². The van der Waals surface area contributed by atoms with Gasteiger partial charge >= 0.3 is 0 Å². The summed E-state index contributed by atoms with van der Waals surface area (Å²) in [7, 11) is 0. The van der Waals surface area contributed by atoms with E-state index >= 15 is 0 Å². The molecule has 62 valence electrons. The van der Waals surface area contributed by atoms with Crippen LogP contribution in [0.3, 0.4) is 0 Å². The van der Waals surface area contributed by atoms with E-state index in [0.717, 1.165) is 12.3 Å². The van der Waals surface area contributed by atoms with Crippen LogP contribution in [0.25, 0.3) is 0 Å². The molecule has 0 aromatic rings. The summed E-state index contributed by atoms with van der Waals surface area (Å²) in [6.45, 7) is 6.69. The zero-order chi connectivity index (χ0) is 7.98. The van der Waals surface area contributed by atoms with E-state index in [4.69, 9.17) is 5.73 Å². The highest BCUT2D eigenvalue weighted by atomic mass is 14.6. The minimum Gasteiger partial charge on any atom is -0.328 e. The zero-order valence-electron chi connectivity index (χ0n) is 7.56. The van der Waals surface area contributed by atoms with Crippen LogP contribution in [0.1, 0.15) is 46.5 Å². The molecule has 0 saturated heterocycles. The molecule has 0 rings (SSSR count). The van der Waals surface area contributed by atoms with Gasteiger partial charge in [-0.15, -0.1) is 0 Å². The van der Waals surface area contributed by atoms with Gasteiger partial charge in [0.2, 0.25) is 0 Å². The van der Waals surface area contributed by atoms with Crippen molar-refractivity contribution in [1.29, 1.82) is 0 Å². The summed E-state index contributed by atoms with van der Waals surface area (Å²) in [6, 6.07) is 0.439. The molecule has 0 amide bonds. The van der Waals surface area contributed by atoms with Crippen molar-refractivity contribution in [2.45, 2.75) is 52.5 Å². The van der Waals surface area contributed by atoms with E-state index in [0.29, 0.717) is 6.04 Å².